The number of hydrogen-bond donors (Lipinski definition) is 0. The zero-order valence-electron chi connectivity index (χ0n) is 8.51. The lowest BCUT2D eigenvalue weighted by atomic mass is 10.3. The van der Waals surface area contributed by atoms with Gasteiger partial charge in [-0.25, -0.2) is 4.62 Å². The van der Waals surface area contributed by atoms with E-state index in [1.165, 1.54) is 4.85 Å². The molecule has 0 aliphatic heterocycles. The number of benzene rings is 1. The third-order valence-corrected chi connectivity index (χ3v) is 2.29. The van der Waals surface area contributed by atoms with Crippen LogP contribution >= 0.6 is 7.49 Å². The van der Waals surface area contributed by atoms with Crippen LogP contribution in [0.5, 0.6) is 0 Å². The van der Waals surface area contributed by atoms with Crippen molar-refractivity contribution in [2.45, 2.75) is 0 Å². The molecule has 1 heterocycles. The largest absolute Gasteiger partial charge is 0.245 e. The van der Waals surface area contributed by atoms with Gasteiger partial charge in [0.25, 0.3) is 0 Å². The van der Waals surface area contributed by atoms with Crippen molar-refractivity contribution >= 4 is 18.5 Å². The van der Waals surface area contributed by atoms with E-state index in [0.29, 0.717) is 0 Å². The number of para-hydroxylation sites is 1. The summed E-state index contributed by atoms with van der Waals surface area (Å²) in [5.74, 6) is 0. The minimum Gasteiger partial charge on any atom is -0.245 e. The Morgan fingerprint density at radius 1 is 1.21 bits per heavy atom. The fourth-order valence-electron chi connectivity index (χ4n) is 1.14. The molecule has 1 aromatic carbocycles. The standard InChI is InChI=1S/C9H13N3OP/c1-14(2,3)13-12-9-7-5-4-6-8(9)10-11-12/h4-7H,1-3H3/q+1. The summed E-state index contributed by atoms with van der Waals surface area (Å²) in [5, 5.41) is 7.96. The van der Waals surface area contributed by atoms with Crippen molar-refractivity contribution in [3.8, 4) is 0 Å². The van der Waals surface area contributed by atoms with E-state index in [9.17, 15) is 0 Å². The molecule has 4 nitrogen and oxygen atoms in total. The van der Waals surface area contributed by atoms with Gasteiger partial charge in [0, 0.05) is 0 Å². The SMILES string of the molecule is C[P+](C)(C)On1nnc2ccccc21. The first-order valence-electron chi connectivity index (χ1n) is 4.38. The van der Waals surface area contributed by atoms with E-state index in [2.05, 4.69) is 30.3 Å². The molecule has 0 N–H and O–H groups in total. The molecule has 0 atom stereocenters. The molecular weight excluding hydrogens is 197 g/mol. The summed E-state index contributed by atoms with van der Waals surface area (Å²) in [4.78, 5) is 1.52. The van der Waals surface area contributed by atoms with Crippen LogP contribution in [0.1, 0.15) is 0 Å². The van der Waals surface area contributed by atoms with Crippen LogP contribution in [0, 0.1) is 0 Å². The highest BCUT2D eigenvalue weighted by atomic mass is 31.2. The molecule has 0 amide bonds. The average molecular weight is 210 g/mol. The quantitative estimate of drug-likeness (QED) is 0.708. The molecule has 0 spiro atoms. The van der Waals surface area contributed by atoms with Crippen molar-refractivity contribution in [3.63, 3.8) is 0 Å². The van der Waals surface area contributed by atoms with Gasteiger partial charge in [-0.3, -0.25) is 0 Å². The van der Waals surface area contributed by atoms with Crippen LogP contribution in [0.4, 0.5) is 0 Å². The van der Waals surface area contributed by atoms with E-state index in [-0.39, 0.29) is 0 Å². The molecule has 2 aromatic rings. The summed E-state index contributed by atoms with van der Waals surface area (Å²) < 4.78 is 5.71. The molecule has 0 bridgehead atoms. The first-order valence-corrected chi connectivity index (χ1v) is 7.43. The van der Waals surface area contributed by atoms with Crippen molar-refractivity contribution in [2.75, 3.05) is 20.0 Å². The van der Waals surface area contributed by atoms with Crippen LogP contribution in [0.15, 0.2) is 24.3 Å². The highest BCUT2D eigenvalue weighted by Gasteiger charge is 2.22. The van der Waals surface area contributed by atoms with Crippen LogP contribution in [0.25, 0.3) is 11.0 Å². The molecule has 2 rings (SSSR count). The Morgan fingerprint density at radius 3 is 2.64 bits per heavy atom. The Balaban J connectivity index is 2.44. The summed E-state index contributed by atoms with van der Waals surface area (Å²) in [6.07, 6.45) is 0. The van der Waals surface area contributed by atoms with Gasteiger partial charge in [0.05, 0.1) is 20.0 Å². The van der Waals surface area contributed by atoms with Crippen molar-refractivity contribution in [1.29, 1.82) is 0 Å². The van der Waals surface area contributed by atoms with Crippen LogP contribution in [-0.2, 0) is 0 Å². The molecule has 0 saturated heterocycles. The van der Waals surface area contributed by atoms with E-state index >= 15 is 0 Å². The Morgan fingerprint density at radius 2 is 1.93 bits per heavy atom. The normalized spacial score (nSPS) is 11.9. The van der Waals surface area contributed by atoms with E-state index in [4.69, 9.17) is 4.62 Å². The van der Waals surface area contributed by atoms with Gasteiger partial charge in [0.1, 0.15) is 11.0 Å². The van der Waals surface area contributed by atoms with Crippen molar-refractivity contribution in [2.24, 2.45) is 0 Å². The zero-order chi connectivity index (χ0) is 10.2. The molecule has 0 saturated carbocycles. The first kappa shape index (κ1) is 9.41. The molecule has 74 valence electrons. The second-order valence-corrected chi connectivity index (χ2v) is 7.86. The predicted octanol–water partition coefficient (Wildman–Crippen LogP) is 1.68. The Kier molecular flexibility index (Phi) is 2.16. The van der Waals surface area contributed by atoms with Crippen LogP contribution in [0.2, 0.25) is 0 Å². The Labute approximate surface area is 83.2 Å². The fraction of sp³-hybridized carbons (Fsp3) is 0.333. The monoisotopic (exact) mass is 210 g/mol. The molecule has 0 aliphatic rings. The van der Waals surface area contributed by atoms with E-state index < -0.39 is 7.49 Å². The highest BCUT2D eigenvalue weighted by Crippen LogP contribution is 2.43. The van der Waals surface area contributed by atoms with Gasteiger partial charge in [-0.15, -0.1) is 5.10 Å². The summed E-state index contributed by atoms with van der Waals surface area (Å²) in [6, 6.07) is 7.76. The van der Waals surface area contributed by atoms with E-state index in [0.717, 1.165) is 11.0 Å². The van der Waals surface area contributed by atoms with Crippen LogP contribution in [0.3, 0.4) is 0 Å². The maximum Gasteiger partial charge on any atom is 0.214 e. The summed E-state index contributed by atoms with van der Waals surface area (Å²) in [6.45, 7) is 6.26. The van der Waals surface area contributed by atoms with Gasteiger partial charge < -0.3 is 0 Å². The van der Waals surface area contributed by atoms with Gasteiger partial charge in [0.15, 0.2) is 0 Å². The Hall–Kier alpha value is -1.15. The lowest BCUT2D eigenvalue weighted by Crippen LogP contribution is -2.12. The van der Waals surface area contributed by atoms with Crippen LogP contribution < -0.4 is 4.62 Å². The number of hydrogen-bond acceptors (Lipinski definition) is 3. The fourth-order valence-corrected chi connectivity index (χ4v) is 1.72. The Bertz CT molecular complexity index is 446. The summed E-state index contributed by atoms with van der Waals surface area (Å²) >= 11 is 0. The minimum absolute atomic E-state index is 0.862. The maximum atomic E-state index is 5.71. The molecule has 0 radical (unpaired) electrons. The number of rotatable bonds is 2. The van der Waals surface area contributed by atoms with Gasteiger partial charge in [-0.05, 0) is 22.2 Å². The molecule has 5 heteroatoms. The van der Waals surface area contributed by atoms with Crippen molar-refractivity contribution in [1.82, 2.24) is 15.2 Å². The topological polar surface area (TPSA) is 39.9 Å². The predicted molar refractivity (Wildman–Crippen MR) is 58.8 cm³/mol. The summed E-state index contributed by atoms with van der Waals surface area (Å²) in [5.41, 5.74) is 1.78. The van der Waals surface area contributed by atoms with Crippen molar-refractivity contribution < 1.29 is 4.62 Å². The van der Waals surface area contributed by atoms with Crippen molar-refractivity contribution in [3.05, 3.63) is 24.3 Å². The van der Waals surface area contributed by atoms with Gasteiger partial charge in [0.2, 0.25) is 7.49 Å². The molecule has 0 fully saturated rings. The minimum atomic E-state index is -1.35. The second-order valence-electron chi connectivity index (χ2n) is 3.92. The average Bonchev–Trinajstić information content (AvgIpc) is 2.47. The van der Waals surface area contributed by atoms with Gasteiger partial charge in [-0.2, -0.15) is 0 Å². The molecular formula is C9H13N3OP+. The van der Waals surface area contributed by atoms with E-state index in [1.54, 1.807) is 0 Å². The number of fused-ring (bicyclic) bond motifs is 1. The number of aromatic nitrogens is 3. The molecule has 14 heavy (non-hydrogen) atoms. The third-order valence-electron chi connectivity index (χ3n) is 1.64. The van der Waals surface area contributed by atoms with Gasteiger partial charge >= 0.3 is 0 Å². The lowest BCUT2D eigenvalue weighted by molar-refractivity contribution is 0.260. The maximum absolute atomic E-state index is 5.71. The molecule has 0 aliphatic carbocycles. The first-order chi connectivity index (χ1) is 6.56. The highest BCUT2D eigenvalue weighted by molar-refractivity contribution is 7.69. The number of nitrogens with zero attached hydrogens (tertiary/aromatic N) is 3. The second kappa shape index (κ2) is 3.21. The van der Waals surface area contributed by atoms with Crippen LogP contribution in [-0.4, -0.2) is 35.2 Å². The lowest BCUT2D eigenvalue weighted by Gasteiger charge is -2.10. The summed E-state index contributed by atoms with van der Waals surface area (Å²) in [7, 11) is -1.35. The third kappa shape index (κ3) is 1.85. The molecule has 0 unspecified atom stereocenters. The zero-order valence-corrected chi connectivity index (χ0v) is 9.40. The van der Waals surface area contributed by atoms with E-state index in [1.807, 2.05) is 24.3 Å². The molecule has 1 aromatic heterocycles. The smallest absolute Gasteiger partial charge is 0.214 e. The van der Waals surface area contributed by atoms with Gasteiger partial charge in [-0.1, -0.05) is 12.1 Å².